The standard InChI is InChI=1S/C21H24Cl2N2OS/c1-15(27-20-8-6-18(23)7-9-20)21(26)24-19-10-12-25(13-11-19)14-16-2-4-17(22)5-3-16/h2-9,15,19H,10-14H2,1H3,(H,24,26). The molecule has 2 aromatic rings. The smallest absolute Gasteiger partial charge is 0.233 e. The molecule has 144 valence electrons. The molecule has 1 aliphatic rings. The second kappa shape index (κ2) is 9.83. The van der Waals surface area contributed by atoms with E-state index in [0.29, 0.717) is 5.02 Å². The van der Waals surface area contributed by atoms with Gasteiger partial charge in [-0.2, -0.15) is 0 Å². The fourth-order valence-corrected chi connectivity index (χ4v) is 4.30. The van der Waals surface area contributed by atoms with E-state index >= 15 is 0 Å². The second-order valence-electron chi connectivity index (χ2n) is 6.90. The summed E-state index contributed by atoms with van der Waals surface area (Å²) in [5.41, 5.74) is 1.27. The van der Waals surface area contributed by atoms with E-state index in [1.807, 2.05) is 43.3 Å². The van der Waals surface area contributed by atoms with Gasteiger partial charge in [0.05, 0.1) is 5.25 Å². The highest BCUT2D eigenvalue weighted by Crippen LogP contribution is 2.25. The lowest BCUT2D eigenvalue weighted by molar-refractivity contribution is -0.121. The van der Waals surface area contributed by atoms with Crippen molar-refractivity contribution in [2.45, 2.75) is 42.5 Å². The average molecular weight is 423 g/mol. The molecule has 3 rings (SSSR count). The van der Waals surface area contributed by atoms with Crippen LogP contribution in [0.2, 0.25) is 10.0 Å². The molecule has 3 nitrogen and oxygen atoms in total. The second-order valence-corrected chi connectivity index (χ2v) is 9.19. The van der Waals surface area contributed by atoms with Crippen molar-refractivity contribution in [3.63, 3.8) is 0 Å². The van der Waals surface area contributed by atoms with Gasteiger partial charge in [0.1, 0.15) is 0 Å². The van der Waals surface area contributed by atoms with Crippen LogP contribution in [0.4, 0.5) is 0 Å². The van der Waals surface area contributed by atoms with Crippen LogP contribution in [0.25, 0.3) is 0 Å². The molecular formula is C21H24Cl2N2OS. The van der Waals surface area contributed by atoms with Crippen LogP contribution in [0.15, 0.2) is 53.4 Å². The molecule has 6 heteroatoms. The Labute approximate surface area is 175 Å². The monoisotopic (exact) mass is 422 g/mol. The highest BCUT2D eigenvalue weighted by atomic mass is 35.5. The molecule has 1 amide bonds. The summed E-state index contributed by atoms with van der Waals surface area (Å²) in [7, 11) is 0. The van der Waals surface area contributed by atoms with Crippen LogP contribution < -0.4 is 5.32 Å². The lowest BCUT2D eigenvalue weighted by atomic mass is 10.0. The minimum atomic E-state index is -0.127. The minimum Gasteiger partial charge on any atom is -0.352 e. The minimum absolute atomic E-state index is 0.103. The van der Waals surface area contributed by atoms with Crippen LogP contribution in [0, 0.1) is 0 Å². The number of hydrogen-bond donors (Lipinski definition) is 1. The van der Waals surface area contributed by atoms with E-state index in [0.717, 1.165) is 42.4 Å². The van der Waals surface area contributed by atoms with Crippen molar-refractivity contribution in [3.8, 4) is 0 Å². The van der Waals surface area contributed by atoms with Crippen LogP contribution in [-0.2, 0) is 11.3 Å². The Bertz CT molecular complexity index is 744. The van der Waals surface area contributed by atoms with Crippen LogP contribution in [-0.4, -0.2) is 35.2 Å². The zero-order valence-corrected chi connectivity index (χ0v) is 17.7. The van der Waals surface area contributed by atoms with Crippen LogP contribution in [0.3, 0.4) is 0 Å². The van der Waals surface area contributed by atoms with E-state index < -0.39 is 0 Å². The number of rotatable bonds is 6. The number of carbonyl (C=O) groups excluding carboxylic acids is 1. The summed E-state index contributed by atoms with van der Waals surface area (Å²) in [5.74, 6) is 0.103. The largest absolute Gasteiger partial charge is 0.352 e. The molecule has 2 aromatic carbocycles. The molecule has 0 radical (unpaired) electrons. The molecule has 27 heavy (non-hydrogen) atoms. The first-order chi connectivity index (χ1) is 13.0. The number of piperidine rings is 1. The summed E-state index contributed by atoms with van der Waals surface area (Å²) in [5, 5.41) is 4.56. The van der Waals surface area contributed by atoms with Gasteiger partial charge in [-0.3, -0.25) is 9.69 Å². The Morgan fingerprint density at radius 3 is 2.22 bits per heavy atom. The average Bonchev–Trinajstić information content (AvgIpc) is 2.67. The first-order valence-electron chi connectivity index (χ1n) is 9.19. The van der Waals surface area contributed by atoms with Gasteiger partial charge in [0.25, 0.3) is 0 Å². The number of likely N-dealkylation sites (tertiary alicyclic amines) is 1. The summed E-state index contributed by atoms with van der Waals surface area (Å²) in [6.45, 7) is 4.86. The molecule has 1 aliphatic heterocycles. The topological polar surface area (TPSA) is 32.3 Å². The van der Waals surface area contributed by atoms with Gasteiger partial charge in [-0.1, -0.05) is 35.3 Å². The molecule has 0 spiro atoms. The van der Waals surface area contributed by atoms with E-state index in [2.05, 4.69) is 22.3 Å². The van der Waals surface area contributed by atoms with Gasteiger partial charge in [0, 0.05) is 40.6 Å². The van der Waals surface area contributed by atoms with E-state index in [9.17, 15) is 4.79 Å². The number of nitrogens with zero attached hydrogens (tertiary/aromatic N) is 1. The SMILES string of the molecule is CC(Sc1ccc(Cl)cc1)C(=O)NC1CCN(Cc2ccc(Cl)cc2)CC1. The Morgan fingerprint density at radius 2 is 1.63 bits per heavy atom. The molecule has 0 bridgehead atoms. The van der Waals surface area contributed by atoms with Gasteiger partial charge in [0.15, 0.2) is 0 Å². The van der Waals surface area contributed by atoms with E-state index in [4.69, 9.17) is 23.2 Å². The van der Waals surface area contributed by atoms with Crippen LogP contribution >= 0.6 is 35.0 Å². The van der Waals surface area contributed by atoms with E-state index in [-0.39, 0.29) is 17.2 Å². The van der Waals surface area contributed by atoms with Gasteiger partial charge >= 0.3 is 0 Å². The fourth-order valence-electron chi connectivity index (χ4n) is 3.17. The van der Waals surface area contributed by atoms with Crippen molar-refractivity contribution in [3.05, 3.63) is 64.1 Å². The molecule has 1 fully saturated rings. The van der Waals surface area contributed by atoms with Crippen molar-refractivity contribution in [2.24, 2.45) is 0 Å². The lowest BCUT2D eigenvalue weighted by Crippen LogP contribution is -2.46. The van der Waals surface area contributed by atoms with Crippen LogP contribution in [0.5, 0.6) is 0 Å². The van der Waals surface area contributed by atoms with Gasteiger partial charge in [-0.05, 0) is 61.7 Å². The molecule has 1 unspecified atom stereocenters. The van der Waals surface area contributed by atoms with Crippen LogP contribution in [0.1, 0.15) is 25.3 Å². The predicted octanol–water partition coefficient (Wildman–Crippen LogP) is 5.25. The summed E-state index contributed by atoms with van der Waals surface area (Å²) < 4.78 is 0. The fraction of sp³-hybridized carbons (Fsp3) is 0.381. The first-order valence-corrected chi connectivity index (χ1v) is 10.8. The molecule has 1 atom stereocenters. The summed E-state index contributed by atoms with van der Waals surface area (Å²) in [6.07, 6.45) is 1.97. The van der Waals surface area contributed by atoms with Crippen molar-refractivity contribution >= 4 is 40.9 Å². The van der Waals surface area contributed by atoms with E-state index in [1.165, 1.54) is 5.56 Å². The Balaban J connectivity index is 1.42. The summed E-state index contributed by atoms with van der Waals surface area (Å²) >= 11 is 13.4. The number of hydrogen-bond acceptors (Lipinski definition) is 3. The molecule has 1 heterocycles. The maximum Gasteiger partial charge on any atom is 0.233 e. The maximum absolute atomic E-state index is 12.5. The molecule has 0 aliphatic carbocycles. The third kappa shape index (κ3) is 6.42. The highest BCUT2D eigenvalue weighted by molar-refractivity contribution is 8.00. The molecule has 1 N–H and O–H groups in total. The van der Waals surface area contributed by atoms with Crippen molar-refractivity contribution < 1.29 is 4.79 Å². The number of benzene rings is 2. The quantitative estimate of drug-likeness (QED) is 0.644. The van der Waals surface area contributed by atoms with Crippen molar-refractivity contribution in [1.82, 2.24) is 10.2 Å². The molecule has 0 saturated carbocycles. The number of carbonyl (C=O) groups is 1. The maximum atomic E-state index is 12.5. The van der Waals surface area contributed by atoms with Gasteiger partial charge in [-0.15, -0.1) is 11.8 Å². The van der Waals surface area contributed by atoms with Gasteiger partial charge in [-0.25, -0.2) is 0 Å². The zero-order chi connectivity index (χ0) is 19.2. The van der Waals surface area contributed by atoms with Gasteiger partial charge < -0.3 is 5.32 Å². The number of nitrogens with one attached hydrogen (secondary N) is 1. The normalized spacial score (nSPS) is 16.9. The molecule has 0 aromatic heterocycles. The number of thioether (sulfide) groups is 1. The van der Waals surface area contributed by atoms with Gasteiger partial charge in [0.2, 0.25) is 5.91 Å². The number of amides is 1. The zero-order valence-electron chi connectivity index (χ0n) is 15.3. The molecule has 1 saturated heterocycles. The highest BCUT2D eigenvalue weighted by Gasteiger charge is 2.23. The predicted molar refractivity (Wildman–Crippen MR) is 115 cm³/mol. The lowest BCUT2D eigenvalue weighted by Gasteiger charge is -2.32. The van der Waals surface area contributed by atoms with Crippen molar-refractivity contribution in [2.75, 3.05) is 13.1 Å². The Kier molecular flexibility index (Phi) is 7.48. The third-order valence-electron chi connectivity index (χ3n) is 4.75. The Hall–Kier alpha value is -1.20. The van der Waals surface area contributed by atoms with Crippen molar-refractivity contribution in [1.29, 1.82) is 0 Å². The van der Waals surface area contributed by atoms with E-state index in [1.54, 1.807) is 11.8 Å². The summed E-state index contributed by atoms with van der Waals surface area (Å²) in [6, 6.07) is 15.9. The molecular weight excluding hydrogens is 399 g/mol. The Morgan fingerprint density at radius 1 is 1.07 bits per heavy atom. The first kappa shape index (κ1) is 20.5. The third-order valence-corrected chi connectivity index (χ3v) is 6.37. The number of halogens is 2. The summed E-state index contributed by atoms with van der Waals surface area (Å²) in [4.78, 5) is 16.0.